The van der Waals surface area contributed by atoms with Crippen LogP contribution < -0.4 is 5.73 Å². The maximum atomic E-state index is 13.2. The fraction of sp³-hybridized carbons (Fsp3) is 0.438. The van der Waals surface area contributed by atoms with Crippen molar-refractivity contribution in [1.82, 2.24) is 9.78 Å². The van der Waals surface area contributed by atoms with Crippen molar-refractivity contribution in [2.75, 3.05) is 0 Å². The number of aryl methyl sites for hydroxylation is 3. The zero-order valence-electron chi connectivity index (χ0n) is 12.4. The van der Waals surface area contributed by atoms with Crippen LogP contribution in [0.2, 0.25) is 0 Å². The number of nitrogens with two attached hydrogens (primary N) is 1. The lowest BCUT2D eigenvalue weighted by molar-refractivity contribution is 0.582. The summed E-state index contributed by atoms with van der Waals surface area (Å²) in [6.07, 6.45) is 1.64. The number of halogens is 1. The highest BCUT2D eigenvalue weighted by molar-refractivity contribution is 5.30. The van der Waals surface area contributed by atoms with Crippen molar-refractivity contribution < 1.29 is 4.39 Å². The molecule has 2 aromatic rings. The molecular weight excluding hydrogens is 253 g/mol. The zero-order chi connectivity index (χ0) is 14.7. The highest BCUT2D eigenvalue weighted by atomic mass is 19.1. The Morgan fingerprint density at radius 2 is 2.05 bits per heavy atom. The summed E-state index contributed by atoms with van der Waals surface area (Å²) in [7, 11) is 0. The van der Waals surface area contributed by atoms with E-state index in [1.165, 1.54) is 12.1 Å². The second-order valence-corrected chi connectivity index (χ2v) is 5.11. The van der Waals surface area contributed by atoms with Crippen LogP contribution in [0, 0.1) is 12.7 Å². The first kappa shape index (κ1) is 14.7. The van der Waals surface area contributed by atoms with E-state index in [4.69, 9.17) is 5.73 Å². The lowest BCUT2D eigenvalue weighted by Crippen LogP contribution is -2.17. The van der Waals surface area contributed by atoms with Crippen LogP contribution in [-0.2, 0) is 19.4 Å². The van der Waals surface area contributed by atoms with Crippen molar-refractivity contribution in [3.05, 3.63) is 52.6 Å². The molecule has 0 aliphatic rings. The first-order valence-corrected chi connectivity index (χ1v) is 7.12. The van der Waals surface area contributed by atoms with Crippen LogP contribution in [0.1, 0.15) is 42.4 Å². The molecule has 4 heteroatoms. The van der Waals surface area contributed by atoms with Crippen LogP contribution in [0.3, 0.4) is 0 Å². The molecule has 1 atom stereocenters. The van der Waals surface area contributed by atoms with Crippen molar-refractivity contribution in [3.8, 4) is 0 Å². The molecule has 0 aliphatic carbocycles. The van der Waals surface area contributed by atoms with Crippen LogP contribution in [0.4, 0.5) is 4.39 Å². The summed E-state index contributed by atoms with van der Waals surface area (Å²) in [4.78, 5) is 0. The quantitative estimate of drug-likeness (QED) is 0.911. The normalized spacial score (nSPS) is 12.7. The summed E-state index contributed by atoms with van der Waals surface area (Å²) in [5.41, 5.74) is 10.4. The first-order chi connectivity index (χ1) is 9.55. The maximum absolute atomic E-state index is 13.2. The molecule has 0 fully saturated rings. The van der Waals surface area contributed by atoms with Crippen molar-refractivity contribution in [1.29, 1.82) is 0 Å². The van der Waals surface area contributed by atoms with Gasteiger partial charge in [0.05, 0.1) is 5.69 Å². The molecule has 0 amide bonds. The standard InChI is InChI=1S/C16H22FN3/c1-4-13-9-14(20(5-2)19-13)10-16(18)15-7-6-12(17)8-11(15)3/h6-9,16H,4-5,10,18H2,1-3H3. The maximum Gasteiger partial charge on any atom is 0.123 e. The van der Waals surface area contributed by atoms with Gasteiger partial charge in [0.25, 0.3) is 0 Å². The molecule has 1 unspecified atom stereocenters. The van der Waals surface area contributed by atoms with E-state index in [1.807, 2.05) is 11.6 Å². The molecule has 0 saturated carbocycles. The first-order valence-electron chi connectivity index (χ1n) is 7.12. The number of aromatic nitrogens is 2. The topological polar surface area (TPSA) is 43.8 Å². The third kappa shape index (κ3) is 3.07. The summed E-state index contributed by atoms with van der Waals surface area (Å²) in [5.74, 6) is -0.217. The summed E-state index contributed by atoms with van der Waals surface area (Å²) in [6.45, 7) is 6.90. The van der Waals surface area contributed by atoms with Crippen molar-refractivity contribution in [2.24, 2.45) is 5.73 Å². The Balaban J connectivity index is 2.22. The van der Waals surface area contributed by atoms with Crippen LogP contribution in [-0.4, -0.2) is 9.78 Å². The zero-order valence-corrected chi connectivity index (χ0v) is 12.4. The Labute approximate surface area is 119 Å². The van der Waals surface area contributed by atoms with Gasteiger partial charge in [0.2, 0.25) is 0 Å². The third-order valence-electron chi connectivity index (χ3n) is 3.64. The Hall–Kier alpha value is -1.68. The molecule has 0 radical (unpaired) electrons. The molecule has 2 N–H and O–H groups in total. The number of hydrogen-bond donors (Lipinski definition) is 1. The van der Waals surface area contributed by atoms with E-state index in [9.17, 15) is 4.39 Å². The minimum absolute atomic E-state index is 0.137. The molecule has 2 rings (SSSR count). The van der Waals surface area contributed by atoms with E-state index in [-0.39, 0.29) is 11.9 Å². The molecule has 0 aliphatic heterocycles. The van der Waals surface area contributed by atoms with Gasteiger partial charge < -0.3 is 5.73 Å². The van der Waals surface area contributed by atoms with Gasteiger partial charge >= 0.3 is 0 Å². The highest BCUT2D eigenvalue weighted by Gasteiger charge is 2.14. The minimum atomic E-state index is -0.217. The van der Waals surface area contributed by atoms with Crippen molar-refractivity contribution >= 4 is 0 Å². The van der Waals surface area contributed by atoms with Crippen LogP contribution in [0.5, 0.6) is 0 Å². The van der Waals surface area contributed by atoms with Crippen molar-refractivity contribution in [3.63, 3.8) is 0 Å². The summed E-state index contributed by atoms with van der Waals surface area (Å²) >= 11 is 0. The van der Waals surface area contributed by atoms with E-state index in [1.54, 1.807) is 6.07 Å². The van der Waals surface area contributed by atoms with Crippen LogP contribution in [0.25, 0.3) is 0 Å². The van der Waals surface area contributed by atoms with Gasteiger partial charge in [-0.05, 0) is 49.6 Å². The number of rotatable bonds is 5. The average molecular weight is 275 g/mol. The lowest BCUT2D eigenvalue weighted by atomic mass is 9.98. The SMILES string of the molecule is CCc1cc(CC(N)c2ccc(F)cc2C)n(CC)n1. The summed E-state index contributed by atoms with van der Waals surface area (Å²) in [5, 5.41) is 4.53. The second kappa shape index (κ2) is 6.18. The van der Waals surface area contributed by atoms with Gasteiger partial charge in [-0.25, -0.2) is 4.39 Å². The number of hydrogen-bond acceptors (Lipinski definition) is 2. The Morgan fingerprint density at radius 3 is 2.65 bits per heavy atom. The van der Waals surface area contributed by atoms with Crippen LogP contribution >= 0.6 is 0 Å². The largest absolute Gasteiger partial charge is 0.324 e. The minimum Gasteiger partial charge on any atom is -0.324 e. The molecule has 108 valence electrons. The molecule has 1 heterocycles. The molecule has 1 aromatic heterocycles. The average Bonchev–Trinajstić information content (AvgIpc) is 2.80. The van der Waals surface area contributed by atoms with Crippen LogP contribution in [0.15, 0.2) is 24.3 Å². The van der Waals surface area contributed by atoms with Gasteiger partial charge in [-0.2, -0.15) is 5.10 Å². The predicted octanol–water partition coefficient (Wildman–Crippen LogP) is 3.16. The predicted molar refractivity (Wildman–Crippen MR) is 79.0 cm³/mol. The number of nitrogens with zero attached hydrogens (tertiary/aromatic N) is 2. The van der Waals surface area contributed by atoms with Gasteiger partial charge in [0.1, 0.15) is 5.82 Å². The molecular formula is C16H22FN3. The molecule has 20 heavy (non-hydrogen) atoms. The fourth-order valence-corrected chi connectivity index (χ4v) is 2.52. The highest BCUT2D eigenvalue weighted by Crippen LogP contribution is 2.21. The summed E-state index contributed by atoms with van der Waals surface area (Å²) < 4.78 is 15.1. The van der Waals surface area contributed by atoms with Gasteiger partial charge in [-0.1, -0.05) is 13.0 Å². The van der Waals surface area contributed by atoms with Gasteiger partial charge in [-0.3, -0.25) is 4.68 Å². The molecule has 1 aromatic carbocycles. The monoisotopic (exact) mass is 275 g/mol. The lowest BCUT2D eigenvalue weighted by Gasteiger charge is -2.15. The van der Waals surface area contributed by atoms with E-state index in [0.717, 1.165) is 35.5 Å². The van der Waals surface area contributed by atoms with Gasteiger partial charge in [0, 0.05) is 24.7 Å². The van der Waals surface area contributed by atoms with Crippen molar-refractivity contribution in [2.45, 2.75) is 46.2 Å². The van der Waals surface area contributed by atoms with E-state index in [2.05, 4.69) is 25.0 Å². The van der Waals surface area contributed by atoms with Gasteiger partial charge in [-0.15, -0.1) is 0 Å². The third-order valence-corrected chi connectivity index (χ3v) is 3.64. The Bertz CT molecular complexity index is 589. The molecule has 0 spiro atoms. The molecule has 0 bridgehead atoms. The molecule has 0 saturated heterocycles. The smallest absolute Gasteiger partial charge is 0.123 e. The summed E-state index contributed by atoms with van der Waals surface area (Å²) in [6, 6.07) is 6.76. The van der Waals surface area contributed by atoms with Gasteiger partial charge in [0.15, 0.2) is 0 Å². The van der Waals surface area contributed by atoms with E-state index in [0.29, 0.717) is 6.42 Å². The fourth-order valence-electron chi connectivity index (χ4n) is 2.52. The van der Waals surface area contributed by atoms with E-state index >= 15 is 0 Å². The molecule has 3 nitrogen and oxygen atoms in total. The Kier molecular flexibility index (Phi) is 4.55. The second-order valence-electron chi connectivity index (χ2n) is 5.11. The van der Waals surface area contributed by atoms with E-state index < -0.39 is 0 Å². The number of benzene rings is 1. The Morgan fingerprint density at radius 1 is 1.30 bits per heavy atom.